The molecule has 0 atom stereocenters. The Bertz CT molecular complexity index is 1930. The van der Waals surface area contributed by atoms with Crippen molar-refractivity contribution >= 4 is 43.6 Å². The smallest absolute Gasteiger partial charge is 0.0547 e. The van der Waals surface area contributed by atoms with Crippen LogP contribution < -0.4 is 0 Å². The zero-order valence-corrected chi connectivity index (χ0v) is 20.8. The van der Waals surface area contributed by atoms with Crippen molar-refractivity contribution < 1.29 is 0 Å². The lowest BCUT2D eigenvalue weighted by Crippen LogP contribution is -2.03. The van der Waals surface area contributed by atoms with Crippen LogP contribution >= 0.6 is 0 Å². The molecule has 5 aromatic carbocycles. The third kappa shape index (κ3) is 3.05. The molecule has 0 amide bonds. The van der Waals surface area contributed by atoms with Crippen LogP contribution in [0, 0.1) is 0 Å². The fraction of sp³-hybridized carbons (Fsp3) is 0.143. The molecule has 1 aliphatic rings. The zero-order chi connectivity index (χ0) is 24.3. The summed E-state index contributed by atoms with van der Waals surface area (Å²) < 4.78 is 5.05. The Hall–Kier alpha value is -4.30. The molecule has 0 aliphatic heterocycles. The lowest BCUT2D eigenvalue weighted by Gasteiger charge is -2.15. The third-order valence-corrected chi connectivity index (χ3v) is 8.42. The third-order valence-electron chi connectivity index (χ3n) is 8.42. The van der Waals surface area contributed by atoms with Gasteiger partial charge in [-0.05, 0) is 60.4 Å². The second-order valence-corrected chi connectivity index (χ2v) is 10.4. The average molecular weight is 477 g/mol. The van der Waals surface area contributed by atoms with E-state index in [1.165, 1.54) is 86.1 Å². The molecule has 2 nitrogen and oxygen atoms in total. The molecule has 8 rings (SSSR count). The van der Waals surface area contributed by atoms with E-state index in [0.717, 1.165) is 0 Å². The minimum absolute atomic E-state index is 0.598. The highest BCUT2D eigenvalue weighted by molar-refractivity contribution is 6.16. The number of aromatic nitrogens is 2. The first-order valence-electron chi connectivity index (χ1n) is 13.5. The maximum absolute atomic E-state index is 2.64. The van der Waals surface area contributed by atoms with Gasteiger partial charge in [0.05, 0.1) is 11.0 Å². The summed E-state index contributed by atoms with van der Waals surface area (Å²) in [5.41, 5.74) is 9.02. The van der Waals surface area contributed by atoms with Gasteiger partial charge in [0.15, 0.2) is 0 Å². The van der Waals surface area contributed by atoms with Crippen LogP contribution in [0.25, 0.3) is 60.4 Å². The molecular formula is C35H28N2. The molecule has 0 N–H and O–H groups in total. The van der Waals surface area contributed by atoms with E-state index in [0.29, 0.717) is 6.04 Å². The normalized spacial score (nSPS) is 14.5. The van der Waals surface area contributed by atoms with Crippen molar-refractivity contribution in [1.29, 1.82) is 0 Å². The largest absolute Gasteiger partial charge is 0.337 e. The summed E-state index contributed by atoms with van der Waals surface area (Å²) in [5.74, 6) is 0. The van der Waals surface area contributed by atoms with Gasteiger partial charge in [0, 0.05) is 44.3 Å². The number of nitrogens with zero attached hydrogens (tertiary/aromatic N) is 2. The lowest BCUT2D eigenvalue weighted by atomic mass is 9.98. The van der Waals surface area contributed by atoms with Gasteiger partial charge in [0.1, 0.15) is 0 Å². The van der Waals surface area contributed by atoms with Crippen LogP contribution in [0.3, 0.4) is 0 Å². The second kappa shape index (κ2) is 8.11. The SMILES string of the molecule is c1ccc(-n2c3ccccc3c3ccc(-c4cccc5c4c4ccccc4n5C4CCCC4)cc32)cc1. The number of hydrogen-bond donors (Lipinski definition) is 0. The van der Waals surface area contributed by atoms with Gasteiger partial charge in [-0.2, -0.15) is 0 Å². The maximum Gasteiger partial charge on any atom is 0.0547 e. The van der Waals surface area contributed by atoms with Gasteiger partial charge in [-0.1, -0.05) is 91.7 Å². The van der Waals surface area contributed by atoms with Gasteiger partial charge >= 0.3 is 0 Å². The summed E-state index contributed by atoms with van der Waals surface area (Å²) in [6.45, 7) is 0. The number of para-hydroxylation sites is 3. The minimum atomic E-state index is 0.598. The first kappa shape index (κ1) is 20.8. The number of rotatable bonds is 3. The van der Waals surface area contributed by atoms with Crippen molar-refractivity contribution in [3.8, 4) is 16.8 Å². The molecular weight excluding hydrogens is 448 g/mol. The van der Waals surface area contributed by atoms with Gasteiger partial charge in [-0.3, -0.25) is 0 Å². The lowest BCUT2D eigenvalue weighted by molar-refractivity contribution is 0.550. The Morgan fingerprint density at radius 1 is 0.514 bits per heavy atom. The molecule has 178 valence electrons. The minimum Gasteiger partial charge on any atom is -0.337 e. The molecule has 0 unspecified atom stereocenters. The maximum atomic E-state index is 2.64. The van der Waals surface area contributed by atoms with E-state index < -0.39 is 0 Å². The van der Waals surface area contributed by atoms with Gasteiger partial charge < -0.3 is 9.13 Å². The van der Waals surface area contributed by atoms with E-state index in [1.54, 1.807) is 0 Å². The zero-order valence-electron chi connectivity index (χ0n) is 20.8. The topological polar surface area (TPSA) is 9.86 Å². The number of fused-ring (bicyclic) bond motifs is 6. The van der Waals surface area contributed by atoms with Gasteiger partial charge in [0.2, 0.25) is 0 Å². The van der Waals surface area contributed by atoms with Crippen molar-refractivity contribution in [3.63, 3.8) is 0 Å². The van der Waals surface area contributed by atoms with E-state index in [4.69, 9.17) is 0 Å². The average Bonchev–Trinajstić information content (AvgIpc) is 3.68. The van der Waals surface area contributed by atoms with E-state index in [-0.39, 0.29) is 0 Å². The molecule has 2 heteroatoms. The van der Waals surface area contributed by atoms with Crippen LogP contribution in [0.4, 0.5) is 0 Å². The highest BCUT2D eigenvalue weighted by Gasteiger charge is 2.23. The first-order chi connectivity index (χ1) is 18.4. The molecule has 37 heavy (non-hydrogen) atoms. The van der Waals surface area contributed by atoms with Gasteiger partial charge in [-0.15, -0.1) is 0 Å². The van der Waals surface area contributed by atoms with Crippen molar-refractivity contribution in [2.45, 2.75) is 31.7 Å². The predicted molar refractivity (Wildman–Crippen MR) is 157 cm³/mol. The Balaban J connectivity index is 1.44. The number of benzene rings is 5. The van der Waals surface area contributed by atoms with E-state index >= 15 is 0 Å². The summed E-state index contributed by atoms with van der Waals surface area (Å²) in [5, 5.41) is 5.34. The number of hydrogen-bond acceptors (Lipinski definition) is 0. The highest BCUT2D eigenvalue weighted by Crippen LogP contribution is 2.43. The molecule has 0 radical (unpaired) electrons. The summed E-state index contributed by atoms with van der Waals surface area (Å²) >= 11 is 0. The Labute approximate surface area is 216 Å². The first-order valence-corrected chi connectivity index (χ1v) is 13.5. The summed E-state index contributed by atoms with van der Waals surface area (Å²) in [6, 6.07) is 43.0. The molecule has 1 fully saturated rings. The predicted octanol–water partition coefficient (Wildman–Crippen LogP) is 9.67. The molecule has 2 aromatic heterocycles. The Kier molecular flexibility index (Phi) is 4.57. The summed E-state index contributed by atoms with van der Waals surface area (Å²) in [7, 11) is 0. The van der Waals surface area contributed by atoms with Crippen LogP contribution in [-0.4, -0.2) is 9.13 Å². The second-order valence-electron chi connectivity index (χ2n) is 10.4. The quantitative estimate of drug-likeness (QED) is 0.240. The van der Waals surface area contributed by atoms with Crippen molar-refractivity contribution in [1.82, 2.24) is 9.13 Å². The van der Waals surface area contributed by atoms with Crippen LogP contribution in [0.2, 0.25) is 0 Å². The molecule has 0 saturated heterocycles. The molecule has 7 aromatic rings. The molecule has 1 aliphatic carbocycles. The highest BCUT2D eigenvalue weighted by atomic mass is 15.0. The summed E-state index contributed by atoms with van der Waals surface area (Å²) in [6.07, 6.45) is 5.22. The fourth-order valence-corrected chi connectivity index (χ4v) is 6.84. The van der Waals surface area contributed by atoms with Crippen molar-refractivity contribution in [2.75, 3.05) is 0 Å². The van der Waals surface area contributed by atoms with Crippen LogP contribution in [-0.2, 0) is 0 Å². The van der Waals surface area contributed by atoms with E-state index in [2.05, 4.69) is 124 Å². The molecule has 0 spiro atoms. The van der Waals surface area contributed by atoms with Crippen LogP contribution in [0.15, 0.2) is 115 Å². The standard InChI is InChI=1S/C35H28N2/c1-2-11-26(12-3-1)37-31-18-8-6-15-28(31)29-22-21-24(23-34(29)37)27-17-10-20-33-35(27)30-16-7-9-19-32(30)36(33)25-13-4-5-14-25/h1-3,6-12,15-23,25H,4-5,13-14H2. The Morgan fingerprint density at radius 3 is 2.03 bits per heavy atom. The fourth-order valence-electron chi connectivity index (χ4n) is 6.84. The molecule has 0 bridgehead atoms. The van der Waals surface area contributed by atoms with E-state index in [1.807, 2.05) is 0 Å². The van der Waals surface area contributed by atoms with Crippen molar-refractivity contribution in [3.05, 3.63) is 115 Å². The monoisotopic (exact) mass is 476 g/mol. The van der Waals surface area contributed by atoms with Crippen LogP contribution in [0.1, 0.15) is 31.7 Å². The summed E-state index contributed by atoms with van der Waals surface area (Å²) in [4.78, 5) is 0. The van der Waals surface area contributed by atoms with E-state index in [9.17, 15) is 0 Å². The Morgan fingerprint density at radius 2 is 1.19 bits per heavy atom. The van der Waals surface area contributed by atoms with Gasteiger partial charge in [-0.25, -0.2) is 0 Å². The molecule has 2 heterocycles. The van der Waals surface area contributed by atoms with Crippen molar-refractivity contribution in [2.24, 2.45) is 0 Å². The van der Waals surface area contributed by atoms with Crippen LogP contribution in [0.5, 0.6) is 0 Å². The van der Waals surface area contributed by atoms with Gasteiger partial charge in [0.25, 0.3) is 0 Å². The molecule has 1 saturated carbocycles.